The molecule has 2 saturated heterocycles. The van der Waals surface area contributed by atoms with Crippen LogP contribution in [0.25, 0.3) is 0 Å². The van der Waals surface area contributed by atoms with Gasteiger partial charge in [0.25, 0.3) is 0 Å². The van der Waals surface area contributed by atoms with Crippen molar-refractivity contribution in [2.24, 2.45) is 5.41 Å². The fraction of sp³-hybridized carbons (Fsp3) is 0.917. The van der Waals surface area contributed by atoms with Gasteiger partial charge in [0.1, 0.15) is 5.60 Å². The van der Waals surface area contributed by atoms with Crippen LogP contribution in [0.5, 0.6) is 0 Å². The highest BCUT2D eigenvalue weighted by Crippen LogP contribution is 2.37. The molecule has 1 amide bonds. The molecule has 2 fully saturated rings. The second-order valence-corrected chi connectivity index (χ2v) is 6.14. The zero-order valence-corrected chi connectivity index (χ0v) is 10.8. The van der Waals surface area contributed by atoms with Crippen molar-refractivity contribution in [1.29, 1.82) is 0 Å². The number of ether oxygens (including phenoxy) is 1. The molecule has 2 atom stereocenters. The van der Waals surface area contributed by atoms with Crippen molar-refractivity contribution >= 4 is 6.09 Å². The first kappa shape index (κ1) is 12.6. The molecule has 17 heavy (non-hydrogen) atoms. The number of carbonyl (C=O) groups is 1. The van der Waals surface area contributed by atoms with Crippen LogP contribution in [0.3, 0.4) is 0 Å². The van der Waals surface area contributed by atoms with E-state index in [4.69, 9.17) is 4.74 Å². The van der Waals surface area contributed by atoms with Crippen LogP contribution in [-0.2, 0) is 4.74 Å². The van der Waals surface area contributed by atoms with Crippen molar-refractivity contribution in [3.05, 3.63) is 0 Å². The van der Waals surface area contributed by atoms with Gasteiger partial charge in [-0.2, -0.15) is 0 Å². The molecule has 0 aliphatic carbocycles. The highest BCUT2D eigenvalue weighted by molar-refractivity contribution is 5.69. The Morgan fingerprint density at radius 2 is 2.29 bits per heavy atom. The maximum Gasteiger partial charge on any atom is 0.410 e. The van der Waals surface area contributed by atoms with Crippen molar-refractivity contribution in [2.75, 3.05) is 26.2 Å². The number of amides is 1. The van der Waals surface area contributed by atoms with E-state index in [9.17, 15) is 9.90 Å². The molecule has 0 radical (unpaired) electrons. The van der Waals surface area contributed by atoms with Crippen molar-refractivity contribution in [1.82, 2.24) is 10.2 Å². The number of likely N-dealkylation sites (tertiary alicyclic amines) is 1. The molecule has 0 aromatic carbocycles. The van der Waals surface area contributed by atoms with Gasteiger partial charge < -0.3 is 20.1 Å². The second kappa shape index (κ2) is 4.14. The summed E-state index contributed by atoms with van der Waals surface area (Å²) >= 11 is 0. The predicted octanol–water partition coefficient (Wildman–Crippen LogP) is 0.578. The van der Waals surface area contributed by atoms with Gasteiger partial charge in [-0.15, -0.1) is 0 Å². The number of nitrogens with one attached hydrogen (secondary N) is 1. The van der Waals surface area contributed by atoms with Gasteiger partial charge in [-0.1, -0.05) is 0 Å². The molecule has 0 aromatic heterocycles. The lowest BCUT2D eigenvalue weighted by atomic mass is 9.84. The molecule has 0 spiro atoms. The molecule has 2 aliphatic heterocycles. The van der Waals surface area contributed by atoms with E-state index in [0.29, 0.717) is 13.1 Å². The van der Waals surface area contributed by atoms with Crippen LogP contribution in [0.4, 0.5) is 4.79 Å². The first-order chi connectivity index (χ1) is 7.86. The Morgan fingerprint density at radius 1 is 1.59 bits per heavy atom. The molecular weight excluding hydrogens is 220 g/mol. The minimum absolute atomic E-state index is 0.129. The van der Waals surface area contributed by atoms with Gasteiger partial charge in [0.2, 0.25) is 0 Å². The van der Waals surface area contributed by atoms with Gasteiger partial charge in [0.05, 0.1) is 6.61 Å². The fourth-order valence-electron chi connectivity index (χ4n) is 2.70. The Kier molecular flexibility index (Phi) is 3.08. The summed E-state index contributed by atoms with van der Waals surface area (Å²) in [4.78, 5) is 13.7. The zero-order chi connectivity index (χ0) is 12.7. The third-order valence-corrected chi connectivity index (χ3v) is 3.63. The average Bonchev–Trinajstić information content (AvgIpc) is 2.70. The molecule has 0 saturated carbocycles. The molecule has 0 bridgehead atoms. The molecule has 0 aromatic rings. The smallest absolute Gasteiger partial charge is 0.410 e. The number of fused-ring (bicyclic) bond motifs is 1. The Balaban J connectivity index is 2.00. The van der Waals surface area contributed by atoms with Gasteiger partial charge in [-0.3, -0.25) is 0 Å². The van der Waals surface area contributed by atoms with E-state index in [1.54, 1.807) is 4.90 Å². The molecule has 2 heterocycles. The van der Waals surface area contributed by atoms with E-state index in [1.807, 2.05) is 20.8 Å². The molecule has 2 N–H and O–H groups in total. The van der Waals surface area contributed by atoms with Crippen LogP contribution in [0.15, 0.2) is 0 Å². The summed E-state index contributed by atoms with van der Waals surface area (Å²) in [5.74, 6) is 0. The van der Waals surface area contributed by atoms with E-state index in [-0.39, 0.29) is 24.2 Å². The quantitative estimate of drug-likeness (QED) is 0.706. The zero-order valence-electron chi connectivity index (χ0n) is 10.8. The average molecular weight is 242 g/mol. The number of aliphatic hydroxyl groups excluding tert-OH is 1. The first-order valence-corrected chi connectivity index (χ1v) is 6.18. The maximum atomic E-state index is 11.9. The minimum Gasteiger partial charge on any atom is -0.444 e. The van der Waals surface area contributed by atoms with Crippen LogP contribution in [-0.4, -0.2) is 54.0 Å². The predicted molar refractivity (Wildman–Crippen MR) is 63.7 cm³/mol. The fourth-order valence-corrected chi connectivity index (χ4v) is 2.70. The van der Waals surface area contributed by atoms with E-state index in [0.717, 1.165) is 13.0 Å². The molecule has 5 nitrogen and oxygen atoms in total. The molecule has 2 rings (SSSR count). The van der Waals surface area contributed by atoms with Gasteiger partial charge >= 0.3 is 6.09 Å². The standard InChI is InChI=1S/C12H22N2O3/c1-11(2,3)17-10(16)14-6-9-12(7-14,8-15)4-5-13-9/h9,13,15H,4-8H2,1-3H3. The molecule has 2 aliphatic rings. The Labute approximate surface area is 102 Å². The molecule has 5 heteroatoms. The summed E-state index contributed by atoms with van der Waals surface area (Å²) < 4.78 is 5.35. The topological polar surface area (TPSA) is 61.8 Å². The number of hydrogen-bond acceptors (Lipinski definition) is 4. The van der Waals surface area contributed by atoms with Crippen molar-refractivity contribution in [2.45, 2.75) is 38.8 Å². The summed E-state index contributed by atoms with van der Waals surface area (Å²) in [5, 5.41) is 12.9. The van der Waals surface area contributed by atoms with Crippen LogP contribution >= 0.6 is 0 Å². The molecule has 98 valence electrons. The van der Waals surface area contributed by atoms with Crippen LogP contribution in [0, 0.1) is 5.41 Å². The van der Waals surface area contributed by atoms with Crippen LogP contribution < -0.4 is 5.32 Å². The van der Waals surface area contributed by atoms with E-state index >= 15 is 0 Å². The van der Waals surface area contributed by atoms with Gasteiger partial charge in [0, 0.05) is 24.5 Å². The first-order valence-electron chi connectivity index (χ1n) is 6.18. The SMILES string of the molecule is CC(C)(C)OC(=O)N1CC2NCCC2(CO)C1. The second-order valence-electron chi connectivity index (χ2n) is 6.14. The molecule has 2 unspecified atom stereocenters. The summed E-state index contributed by atoms with van der Waals surface area (Å²) in [7, 11) is 0. The van der Waals surface area contributed by atoms with E-state index in [1.165, 1.54) is 0 Å². The van der Waals surface area contributed by atoms with Gasteiger partial charge in [-0.25, -0.2) is 4.79 Å². The van der Waals surface area contributed by atoms with Gasteiger partial charge in [-0.05, 0) is 33.7 Å². The van der Waals surface area contributed by atoms with Crippen LogP contribution in [0.1, 0.15) is 27.2 Å². The highest BCUT2D eigenvalue weighted by atomic mass is 16.6. The maximum absolute atomic E-state index is 11.9. The third-order valence-electron chi connectivity index (χ3n) is 3.63. The van der Waals surface area contributed by atoms with E-state index in [2.05, 4.69) is 5.32 Å². The summed E-state index contributed by atoms with van der Waals surface area (Å²) in [6.07, 6.45) is 0.648. The minimum atomic E-state index is -0.464. The van der Waals surface area contributed by atoms with Gasteiger partial charge in [0.15, 0.2) is 0 Å². The normalized spacial score (nSPS) is 32.7. The lowest BCUT2D eigenvalue weighted by molar-refractivity contribution is 0.0253. The monoisotopic (exact) mass is 242 g/mol. The van der Waals surface area contributed by atoms with Crippen molar-refractivity contribution in [3.8, 4) is 0 Å². The number of carbonyl (C=O) groups excluding carboxylic acids is 1. The summed E-state index contributed by atoms with van der Waals surface area (Å²) in [6.45, 7) is 7.87. The lowest BCUT2D eigenvalue weighted by Crippen LogP contribution is -2.38. The lowest BCUT2D eigenvalue weighted by Gasteiger charge is -2.27. The third kappa shape index (κ3) is 2.40. The Bertz CT molecular complexity index is 313. The Hall–Kier alpha value is -0.810. The Morgan fingerprint density at radius 3 is 2.82 bits per heavy atom. The highest BCUT2D eigenvalue weighted by Gasteiger charge is 2.51. The number of rotatable bonds is 1. The van der Waals surface area contributed by atoms with Crippen LogP contribution in [0.2, 0.25) is 0 Å². The number of aliphatic hydroxyl groups is 1. The van der Waals surface area contributed by atoms with Crippen molar-refractivity contribution in [3.63, 3.8) is 0 Å². The number of hydrogen-bond donors (Lipinski definition) is 2. The summed E-state index contributed by atoms with van der Waals surface area (Å²) in [5.41, 5.74) is -0.620. The van der Waals surface area contributed by atoms with Crippen molar-refractivity contribution < 1.29 is 14.6 Å². The number of nitrogens with zero attached hydrogens (tertiary/aromatic N) is 1. The van der Waals surface area contributed by atoms with E-state index < -0.39 is 5.60 Å². The largest absolute Gasteiger partial charge is 0.444 e. The molecular formula is C12H22N2O3. The summed E-state index contributed by atoms with van der Waals surface area (Å²) in [6, 6.07) is 0.208.